The first-order chi connectivity index (χ1) is 10.6. The minimum absolute atomic E-state index is 0.0663. The highest BCUT2D eigenvalue weighted by molar-refractivity contribution is 7.08. The first-order valence-corrected chi connectivity index (χ1v) is 8.12. The summed E-state index contributed by atoms with van der Waals surface area (Å²) in [7, 11) is 0. The molecule has 0 radical (unpaired) electrons. The average molecular weight is 315 g/mol. The van der Waals surface area contributed by atoms with Crippen molar-refractivity contribution in [3.05, 3.63) is 57.8 Å². The monoisotopic (exact) mass is 315 g/mol. The van der Waals surface area contributed by atoms with Crippen molar-refractivity contribution in [1.29, 1.82) is 0 Å². The van der Waals surface area contributed by atoms with Crippen LogP contribution in [-0.4, -0.2) is 35.0 Å². The Morgan fingerprint density at radius 1 is 1.18 bits per heavy atom. The van der Waals surface area contributed by atoms with Crippen LogP contribution in [0.2, 0.25) is 0 Å². The fourth-order valence-electron chi connectivity index (χ4n) is 3.01. The van der Waals surface area contributed by atoms with Crippen molar-refractivity contribution in [3.63, 3.8) is 0 Å². The van der Waals surface area contributed by atoms with E-state index in [1.165, 1.54) is 11.3 Å². The van der Waals surface area contributed by atoms with Gasteiger partial charge in [-0.15, -0.1) is 0 Å². The highest BCUT2D eigenvalue weighted by Crippen LogP contribution is 2.34. The molecule has 0 spiro atoms. The summed E-state index contributed by atoms with van der Waals surface area (Å²) in [6.07, 6.45) is 0. The van der Waals surface area contributed by atoms with E-state index in [9.17, 15) is 14.7 Å². The second-order valence-corrected chi connectivity index (χ2v) is 6.38. The Balaban J connectivity index is 1.86. The maximum atomic E-state index is 12.6. The number of carbonyl (C=O) groups is 2. The number of amides is 1. The largest absolute Gasteiger partial charge is 0.481 e. The van der Waals surface area contributed by atoms with E-state index in [-0.39, 0.29) is 18.4 Å². The number of benzene rings is 1. The van der Waals surface area contributed by atoms with Crippen molar-refractivity contribution < 1.29 is 14.7 Å². The van der Waals surface area contributed by atoms with Crippen LogP contribution in [0.4, 0.5) is 0 Å². The summed E-state index contributed by atoms with van der Waals surface area (Å²) < 4.78 is 0. The van der Waals surface area contributed by atoms with Crippen LogP contribution in [0.3, 0.4) is 0 Å². The molecule has 1 aliphatic heterocycles. The summed E-state index contributed by atoms with van der Waals surface area (Å²) in [4.78, 5) is 25.9. The lowest BCUT2D eigenvalue weighted by Crippen LogP contribution is -2.30. The second-order valence-electron chi connectivity index (χ2n) is 5.64. The maximum absolute atomic E-state index is 12.6. The number of carboxylic acid groups (broad SMARTS) is 1. The summed E-state index contributed by atoms with van der Waals surface area (Å²) in [5.74, 6) is -1.61. The van der Waals surface area contributed by atoms with Crippen LogP contribution < -0.4 is 0 Å². The predicted molar refractivity (Wildman–Crippen MR) is 85.3 cm³/mol. The van der Waals surface area contributed by atoms with Crippen LogP contribution in [0.1, 0.15) is 27.4 Å². The van der Waals surface area contributed by atoms with E-state index in [0.29, 0.717) is 12.1 Å². The van der Waals surface area contributed by atoms with Crippen molar-refractivity contribution in [2.75, 3.05) is 13.1 Å². The molecule has 4 nitrogen and oxygen atoms in total. The first-order valence-electron chi connectivity index (χ1n) is 7.17. The van der Waals surface area contributed by atoms with Crippen LogP contribution in [0.5, 0.6) is 0 Å². The quantitative estimate of drug-likeness (QED) is 0.947. The molecule has 5 heteroatoms. The number of hydrogen-bond donors (Lipinski definition) is 1. The van der Waals surface area contributed by atoms with E-state index in [2.05, 4.69) is 0 Å². The number of carbonyl (C=O) groups excluding carboxylic acids is 1. The highest BCUT2D eigenvalue weighted by Gasteiger charge is 2.40. The van der Waals surface area contributed by atoms with Gasteiger partial charge in [0.05, 0.1) is 11.5 Å². The highest BCUT2D eigenvalue weighted by atomic mass is 32.1. The van der Waals surface area contributed by atoms with E-state index in [4.69, 9.17) is 0 Å². The number of nitrogens with zero attached hydrogens (tertiary/aromatic N) is 1. The fourth-order valence-corrected chi connectivity index (χ4v) is 3.83. The lowest BCUT2D eigenvalue weighted by Gasteiger charge is -2.16. The molecule has 1 amide bonds. The van der Waals surface area contributed by atoms with Gasteiger partial charge in [0.25, 0.3) is 5.91 Å². The van der Waals surface area contributed by atoms with Gasteiger partial charge in [0.2, 0.25) is 0 Å². The Labute approximate surface area is 133 Å². The lowest BCUT2D eigenvalue weighted by molar-refractivity contribution is -0.141. The minimum Gasteiger partial charge on any atom is -0.481 e. The molecule has 2 atom stereocenters. The third-order valence-corrected chi connectivity index (χ3v) is 5.10. The van der Waals surface area contributed by atoms with Gasteiger partial charge in [-0.05, 0) is 23.4 Å². The van der Waals surface area contributed by atoms with Crippen LogP contribution >= 0.6 is 11.3 Å². The number of hydrogen-bond acceptors (Lipinski definition) is 3. The van der Waals surface area contributed by atoms with Gasteiger partial charge in [0.1, 0.15) is 0 Å². The summed E-state index contributed by atoms with van der Waals surface area (Å²) in [5, 5.41) is 13.3. The molecule has 1 aliphatic rings. The molecule has 2 heterocycles. The van der Waals surface area contributed by atoms with Crippen molar-refractivity contribution in [2.45, 2.75) is 12.8 Å². The summed E-state index contributed by atoms with van der Waals surface area (Å²) >= 11 is 1.49. The molecule has 1 saturated heterocycles. The predicted octanol–water partition coefficient (Wildman–Crippen LogP) is 3.00. The van der Waals surface area contributed by atoms with Crippen LogP contribution in [0.25, 0.3) is 0 Å². The maximum Gasteiger partial charge on any atom is 0.308 e. The Morgan fingerprint density at radius 2 is 1.91 bits per heavy atom. The summed E-state index contributed by atoms with van der Waals surface area (Å²) in [6, 6.07) is 9.59. The minimum atomic E-state index is -0.841. The normalized spacial score (nSPS) is 21.0. The Hall–Kier alpha value is -2.14. The van der Waals surface area contributed by atoms with E-state index >= 15 is 0 Å². The number of rotatable bonds is 3. The van der Waals surface area contributed by atoms with Gasteiger partial charge in [-0.2, -0.15) is 11.3 Å². The molecular weight excluding hydrogens is 298 g/mol. The average Bonchev–Trinajstić information content (AvgIpc) is 3.14. The zero-order valence-corrected chi connectivity index (χ0v) is 13.0. The first kappa shape index (κ1) is 14.8. The molecule has 1 aromatic heterocycles. The zero-order chi connectivity index (χ0) is 15.7. The zero-order valence-electron chi connectivity index (χ0n) is 12.2. The molecular formula is C17H17NO3S. The van der Waals surface area contributed by atoms with Gasteiger partial charge in [-0.3, -0.25) is 9.59 Å². The molecule has 114 valence electrons. The third kappa shape index (κ3) is 2.64. The Bertz CT molecular complexity index is 695. The molecule has 1 fully saturated rings. The fraction of sp³-hybridized carbons (Fsp3) is 0.294. The smallest absolute Gasteiger partial charge is 0.308 e. The topological polar surface area (TPSA) is 57.6 Å². The number of carboxylic acids is 1. The van der Waals surface area contributed by atoms with Gasteiger partial charge in [-0.25, -0.2) is 0 Å². The number of thiophene rings is 1. The van der Waals surface area contributed by atoms with Crippen molar-refractivity contribution in [1.82, 2.24) is 4.90 Å². The third-order valence-electron chi connectivity index (χ3n) is 4.24. The van der Waals surface area contributed by atoms with Gasteiger partial charge in [0, 0.05) is 24.4 Å². The number of aliphatic carboxylic acids is 1. The van der Waals surface area contributed by atoms with E-state index < -0.39 is 11.9 Å². The van der Waals surface area contributed by atoms with E-state index in [1.807, 2.05) is 48.0 Å². The summed E-state index contributed by atoms with van der Waals surface area (Å²) in [6.45, 7) is 2.63. The second kappa shape index (κ2) is 5.93. The molecule has 22 heavy (non-hydrogen) atoms. The van der Waals surface area contributed by atoms with Gasteiger partial charge in [0.15, 0.2) is 0 Å². The molecule has 0 aliphatic carbocycles. The SMILES string of the molecule is Cc1cscc1C(=O)N1C[C@H](C(=O)O)[C@H](c2ccccc2)C1. The van der Waals surface area contributed by atoms with Crippen LogP contribution in [-0.2, 0) is 4.79 Å². The van der Waals surface area contributed by atoms with Gasteiger partial charge >= 0.3 is 5.97 Å². The molecule has 1 N–H and O–H groups in total. The van der Waals surface area contributed by atoms with E-state index in [1.54, 1.807) is 4.90 Å². The lowest BCUT2D eigenvalue weighted by atomic mass is 9.89. The molecule has 0 bridgehead atoms. The molecule has 0 unspecified atom stereocenters. The van der Waals surface area contributed by atoms with Crippen molar-refractivity contribution in [3.8, 4) is 0 Å². The van der Waals surface area contributed by atoms with Gasteiger partial charge in [-0.1, -0.05) is 30.3 Å². The van der Waals surface area contributed by atoms with Crippen molar-refractivity contribution in [2.24, 2.45) is 5.92 Å². The molecule has 3 rings (SSSR count). The molecule has 2 aromatic rings. The molecule has 0 saturated carbocycles. The summed E-state index contributed by atoms with van der Waals surface area (Å²) in [5.41, 5.74) is 2.61. The van der Waals surface area contributed by atoms with Gasteiger partial charge < -0.3 is 10.0 Å². The number of aryl methyl sites for hydroxylation is 1. The Morgan fingerprint density at radius 3 is 2.50 bits per heavy atom. The standard InChI is InChI=1S/C17H17NO3S/c1-11-9-22-10-15(11)16(19)18-7-13(14(8-18)17(20)21)12-5-3-2-4-6-12/h2-6,9-10,13-14H,7-8H2,1H3,(H,20,21)/t13-,14-/m0/s1. The van der Waals surface area contributed by atoms with Crippen LogP contribution in [0, 0.1) is 12.8 Å². The van der Waals surface area contributed by atoms with E-state index in [0.717, 1.165) is 11.1 Å². The number of likely N-dealkylation sites (tertiary alicyclic amines) is 1. The Kier molecular flexibility index (Phi) is 3.98. The molecule has 1 aromatic carbocycles. The van der Waals surface area contributed by atoms with Crippen molar-refractivity contribution >= 4 is 23.2 Å². The van der Waals surface area contributed by atoms with Crippen LogP contribution in [0.15, 0.2) is 41.1 Å².